The Morgan fingerprint density at radius 1 is 1.45 bits per heavy atom. The van der Waals surface area contributed by atoms with Crippen molar-refractivity contribution in [3.05, 3.63) is 0 Å². The Balaban J connectivity index is 1.99. The summed E-state index contributed by atoms with van der Waals surface area (Å²) >= 11 is 0. The first-order valence-electron chi connectivity index (χ1n) is 7.11. The molecule has 1 aromatic rings. The first-order chi connectivity index (χ1) is 9.50. The number of aliphatic hydroxyl groups is 1. The Morgan fingerprint density at radius 2 is 2.25 bits per heavy atom. The lowest BCUT2D eigenvalue weighted by Gasteiger charge is -2.35. The number of nitrogens with one attached hydrogen (secondary N) is 1. The van der Waals surface area contributed by atoms with Crippen LogP contribution in [-0.4, -0.2) is 38.8 Å². The second-order valence-electron chi connectivity index (χ2n) is 5.51. The van der Waals surface area contributed by atoms with Crippen LogP contribution in [0.15, 0.2) is 0 Å². The summed E-state index contributed by atoms with van der Waals surface area (Å²) in [5.41, 5.74) is 4.91. The van der Waals surface area contributed by atoms with Crippen molar-refractivity contribution in [2.75, 3.05) is 24.2 Å². The molecule has 0 amide bonds. The minimum absolute atomic E-state index is 0.106. The molecule has 0 radical (unpaired) electrons. The highest BCUT2D eigenvalue weighted by molar-refractivity contribution is 5.33. The smallest absolute Gasteiger partial charge is 0.323 e. The minimum Gasteiger partial charge on any atom is -0.464 e. The molecule has 1 saturated carbocycles. The van der Waals surface area contributed by atoms with E-state index in [1.807, 2.05) is 6.92 Å². The van der Waals surface area contributed by atoms with Gasteiger partial charge in [0.25, 0.3) is 0 Å². The molecule has 2 atom stereocenters. The summed E-state index contributed by atoms with van der Waals surface area (Å²) in [4.78, 5) is 12.0. The molecule has 20 heavy (non-hydrogen) atoms. The highest BCUT2D eigenvalue weighted by Crippen LogP contribution is 2.32. The number of ether oxygens (including phenoxy) is 1. The molecule has 0 aliphatic heterocycles. The predicted octanol–water partition coefficient (Wildman–Crippen LogP) is 1.21. The van der Waals surface area contributed by atoms with Gasteiger partial charge in [-0.05, 0) is 25.7 Å². The monoisotopic (exact) mass is 281 g/mol. The number of nitrogens with two attached hydrogens (primary N) is 1. The van der Waals surface area contributed by atoms with E-state index in [-0.39, 0.29) is 12.0 Å². The Labute approximate surface area is 119 Å². The molecule has 112 valence electrons. The molecule has 0 spiro atoms. The van der Waals surface area contributed by atoms with Crippen LogP contribution in [0.25, 0.3) is 0 Å². The fraction of sp³-hybridized carbons (Fsp3) is 0.769. The van der Waals surface area contributed by atoms with Crippen LogP contribution in [0.1, 0.15) is 39.5 Å². The second kappa shape index (κ2) is 6.21. The molecule has 2 rings (SSSR count). The Bertz CT molecular complexity index is 456. The van der Waals surface area contributed by atoms with Crippen LogP contribution in [0, 0.1) is 5.92 Å². The average molecular weight is 281 g/mol. The van der Waals surface area contributed by atoms with Gasteiger partial charge in [-0.1, -0.05) is 19.8 Å². The van der Waals surface area contributed by atoms with Gasteiger partial charge in [-0.3, -0.25) is 0 Å². The number of hydrogen-bond donors (Lipinski definition) is 3. The van der Waals surface area contributed by atoms with Crippen molar-refractivity contribution in [3.8, 4) is 6.01 Å². The standard InChI is InChI=1S/C13H23N5O2/c1-3-20-12-17-10(14)16-11(18-12)15-8-13(19)6-4-5-9(2)7-13/h9,19H,3-8H2,1-2H3,(H3,14,15,16,17,18). The minimum atomic E-state index is -0.704. The van der Waals surface area contributed by atoms with Gasteiger partial charge >= 0.3 is 6.01 Å². The third-order valence-corrected chi connectivity index (χ3v) is 3.55. The molecule has 0 saturated heterocycles. The fourth-order valence-electron chi connectivity index (χ4n) is 2.68. The third-order valence-electron chi connectivity index (χ3n) is 3.55. The summed E-state index contributed by atoms with van der Waals surface area (Å²) in [7, 11) is 0. The van der Waals surface area contributed by atoms with Crippen LogP contribution in [0.2, 0.25) is 0 Å². The lowest BCUT2D eigenvalue weighted by Crippen LogP contribution is -2.41. The third kappa shape index (κ3) is 3.93. The zero-order valence-corrected chi connectivity index (χ0v) is 12.1. The summed E-state index contributed by atoms with van der Waals surface area (Å²) in [6, 6.07) is 0.200. The number of anilines is 2. The SMILES string of the molecule is CCOc1nc(N)nc(NCC2(O)CCCC(C)C2)n1. The molecule has 7 nitrogen and oxygen atoms in total. The molecule has 0 bridgehead atoms. The predicted molar refractivity (Wildman–Crippen MR) is 76.5 cm³/mol. The first-order valence-corrected chi connectivity index (χ1v) is 7.11. The van der Waals surface area contributed by atoms with Gasteiger partial charge in [0.2, 0.25) is 11.9 Å². The Kier molecular flexibility index (Phi) is 4.59. The van der Waals surface area contributed by atoms with E-state index >= 15 is 0 Å². The van der Waals surface area contributed by atoms with E-state index in [1.165, 1.54) is 6.42 Å². The number of rotatable bonds is 5. The lowest BCUT2D eigenvalue weighted by molar-refractivity contribution is -0.000914. The quantitative estimate of drug-likeness (QED) is 0.744. The molecule has 1 aliphatic rings. The van der Waals surface area contributed by atoms with Crippen molar-refractivity contribution < 1.29 is 9.84 Å². The van der Waals surface area contributed by atoms with Crippen LogP contribution in [0.5, 0.6) is 6.01 Å². The molecule has 1 aromatic heterocycles. The van der Waals surface area contributed by atoms with E-state index < -0.39 is 5.60 Å². The largest absolute Gasteiger partial charge is 0.464 e. The fourth-order valence-corrected chi connectivity index (χ4v) is 2.68. The van der Waals surface area contributed by atoms with Gasteiger partial charge in [-0.15, -0.1) is 0 Å². The molecule has 7 heteroatoms. The maximum absolute atomic E-state index is 10.5. The maximum Gasteiger partial charge on any atom is 0.323 e. The summed E-state index contributed by atoms with van der Waals surface area (Å²) in [5.74, 6) is 0.987. The van der Waals surface area contributed by atoms with Gasteiger partial charge in [-0.2, -0.15) is 15.0 Å². The topological polar surface area (TPSA) is 106 Å². The Morgan fingerprint density at radius 3 is 2.95 bits per heavy atom. The van der Waals surface area contributed by atoms with Crippen molar-refractivity contribution >= 4 is 11.9 Å². The van der Waals surface area contributed by atoms with Crippen molar-refractivity contribution in [2.45, 2.75) is 45.1 Å². The van der Waals surface area contributed by atoms with Crippen molar-refractivity contribution in [1.29, 1.82) is 0 Å². The number of nitrogens with zero attached hydrogens (tertiary/aromatic N) is 3. The van der Waals surface area contributed by atoms with Gasteiger partial charge in [-0.25, -0.2) is 0 Å². The normalized spacial score (nSPS) is 26.2. The lowest BCUT2D eigenvalue weighted by atomic mass is 9.79. The molecular weight excluding hydrogens is 258 g/mol. The van der Waals surface area contributed by atoms with E-state index in [0.717, 1.165) is 19.3 Å². The summed E-state index contributed by atoms with van der Waals surface area (Å²) in [6.07, 6.45) is 3.81. The van der Waals surface area contributed by atoms with Crippen molar-refractivity contribution in [2.24, 2.45) is 5.92 Å². The van der Waals surface area contributed by atoms with E-state index in [4.69, 9.17) is 10.5 Å². The molecule has 0 aromatic carbocycles. The zero-order valence-electron chi connectivity index (χ0n) is 12.1. The van der Waals surface area contributed by atoms with Crippen LogP contribution in [0.3, 0.4) is 0 Å². The molecule has 1 fully saturated rings. The van der Waals surface area contributed by atoms with Crippen LogP contribution in [-0.2, 0) is 0 Å². The van der Waals surface area contributed by atoms with Crippen LogP contribution < -0.4 is 15.8 Å². The van der Waals surface area contributed by atoms with Gasteiger partial charge in [0.05, 0.1) is 12.2 Å². The van der Waals surface area contributed by atoms with Gasteiger partial charge < -0.3 is 20.9 Å². The highest BCUT2D eigenvalue weighted by Gasteiger charge is 2.32. The average Bonchev–Trinajstić information content (AvgIpc) is 2.36. The molecule has 4 N–H and O–H groups in total. The van der Waals surface area contributed by atoms with E-state index in [2.05, 4.69) is 27.2 Å². The van der Waals surface area contributed by atoms with Crippen molar-refractivity contribution in [1.82, 2.24) is 15.0 Å². The zero-order chi connectivity index (χ0) is 14.6. The molecule has 1 aliphatic carbocycles. The van der Waals surface area contributed by atoms with Gasteiger partial charge in [0, 0.05) is 6.54 Å². The van der Waals surface area contributed by atoms with E-state index in [9.17, 15) is 5.11 Å². The summed E-state index contributed by atoms with van der Waals surface area (Å²) in [6.45, 7) is 4.88. The maximum atomic E-state index is 10.5. The van der Waals surface area contributed by atoms with E-state index in [1.54, 1.807) is 0 Å². The van der Waals surface area contributed by atoms with Crippen LogP contribution in [0.4, 0.5) is 11.9 Å². The number of nitrogen functional groups attached to an aromatic ring is 1. The van der Waals surface area contributed by atoms with Crippen molar-refractivity contribution in [3.63, 3.8) is 0 Å². The number of aromatic nitrogens is 3. The number of hydrogen-bond acceptors (Lipinski definition) is 7. The van der Waals surface area contributed by atoms with Crippen LogP contribution >= 0.6 is 0 Å². The van der Waals surface area contributed by atoms with E-state index in [0.29, 0.717) is 25.0 Å². The van der Waals surface area contributed by atoms with Gasteiger partial charge in [0.1, 0.15) is 0 Å². The molecular formula is C13H23N5O2. The molecule has 1 heterocycles. The molecule has 2 unspecified atom stereocenters. The highest BCUT2D eigenvalue weighted by atomic mass is 16.5. The first kappa shape index (κ1) is 14.8. The second-order valence-corrected chi connectivity index (χ2v) is 5.51. The summed E-state index contributed by atoms with van der Waals surface area (Å²) < 4.78 is 5.22. The summed E-state index contributed by atoms with van der Waals surface area (Å²) in [5, 5.41) is 13.6. The Hall–Kier alpha value is -1.63. The van der Waals surface area contributed by atoms with Gasteiger partial charge in [0.15, 0.2) is 0 Å².